The lowest BCUT2D eigenvalue weighted by atomic mass is 10.1. The quantitative estimate of drug-likeness (QED) is 0.700. The summed E-state index contributed by atoms with van der Waals surface area (Å²) in [5.74, 6) is 3.45. The molecular formula is C15H24N6O2S. The smallest absolute Gasteiger partial charge is 0.228 e. The van der Waals surface area contributed by atoms with Crippen LogP contribution in [0.2, 0.25) is 0 Å². The van der Waals surface area contributed by atoms with Gasteiger partial charge in [0.15, 0.2) is 11.0 Å². The van der Waals surface area contributed by atoms with Crippen LogP contribution in [0.25, 0.3) is 0 Å². The van der Waals surface area contributed by atoms with Gasteiger partial charge in [0.05, 0.1) is 19.0 Å². The van der Waals surface area contributed by atoms with Crippen molar-refractivity contribution in [3.05, 3.63) is 11.7 Å². The molecule has 0 aliphatic carbocycles. The third-order valence-electron chi connectivity index (χ3n) is 3.73. The highest BCUT2D eigenvalue weighted by Crippen LogP contribution is 2.25. The van der Waals surface area contributed by atoms with Gasteiger partial charge in [-0.05, 0) is 12.8 Å². The molecule has 0 saturated carbocycles. The fourth-order valence-electron chi connectivity index (χ4n) is 2.57. The molecule has 1 aliphatic rings. The summed E-state index contributed by atoms with van der Waals surface area (Å²) < 4.78 is 12.8. The van der Waals surface area contributed by atoms with Crippen LogP contribution in [0.4, 0.5) is 5.95 Å². The summed E-state index contributed by atoms with van der Waals surface area (Å²) >= 11 is 1.59. The summed E-state index contributed by atoms with van der Waals surface area (Å²) in [6.45, 7) is 10.4. The first-order valence-electron chi connectivity index (χ1n) is 8.37. The second-order valence-electron chi connectivity index (χ2n) is 6.12. The molecular weight excluding hydrogens is 328 g/mol. The molecule has 2 aromatic heterocycles. The van der Waals surface area contributed by atoms with Gasteiger partial charge in [-0.25, -0.2) is 0 Å². The standard InChI is InChI=1S/C15H24N6O2S/c1-4-21-14(20-5-7-22-8-6-20)17-18-15(21)24-10-12-16-13(23-19-12)9-11(2)3/h11H,4-10H2,1-3H3. The molecule has 3 rings (SSSR count). The Morgan fingerprint density at radius 2 is 2.00 bits per heavy atom. The summed E-state index contributed by atoms with van der Waals surface area (Å²) in [7, 11) is 0. The second-order valence-corrected chi connectivity index (χ2v) is 7.06. The molecule has 0 aromatic carbocycles. The van der Waals surface area contributed by atoms with E-state index in [4.69, 9.17) is 9.26 Å². The molecule has 2 aromatic rings. The Bertz CT molecular complexity index is 650. The molecule has 132 valence electrons. The first-order valence-corrected chi connectivity index (χ1v) is 9.36. The predicted octanol–water partition coefficient (Wildman–Crippen LogP) is 2.01. The molecule has 1 saturated heterocycles. The van der Waals surface area contributed by atoms with E-state index in [0.29, 0.717) is 23.4 Å². The molecule has 0 unspecified atom stereocenters. The van der Waals surface area contributed by atoms with E-state index in [1.54, 1.807) is 11.8 Å². The second kappa shape index (κ2) is 7.98. The van der Waals surface area contributed by atoms with Crippen molar-refractivity contribution in [1.82, 2.24) is 24.9 Å². The van der Waals surface area contributed by atoms with Gasteiger partial charge in [0, 0.05) is 26.1 Å². The van der Waals surface area contributed by atoms with E-state index in [2.05, 4.69) is 50.6 Å². The average molecular weight is 352 g/mol. The van der Waals surface area contributed by atoms with Crippen LogP contribution in [0.15, 0.2) is 9.68 Å². The number of thioether (sulfide) groups is 1. The maximum absolute atomic E-state index is 5.41. The molecule has 0 spiro atoms. The number of morpholine rings is 1. The normalized spacial score (nSPS) is 15.4. The number of aromatic nitrogens is 5. The van der Waals surface area contributed by atoms with E-state index in [0.717, 1.165) is 50.4 Å². The van der Waals surface area contributed by atoms with E-state index in [1.165, 1.54) is 0 Å². The summed E-state index contributed by atoms with van der Waals surface area (Å²) in [4.78, 5) is 6.66. The van der Waals surface area contributed by atoms with E-state index in [9.17, 15) is 0 Å². The van der Waals surface area contributed by atoms with Crippen molar-refractivity contribution in [2.24, 2.45) is 5.92 Å². The lowest BCUT2D eigenvalue weighted by Gasteiger charge is -2.27. The van der Waals surface area contributed by atoms with Gasteiger partial charge in [0.2, 0.25) is 11.8 Å². The summed E-state index contributed by atoms with van der Waals surface area (Å²) in [5, 5.41) is 13.6. The van der Waals surface area contributed by atoms with Crippen molar-refractivity contribution < 1.29 is 9.26 Å². The van der Waals surface area contributed by atoms with Crippen molar-refractivity contribution >= 4 is 17.7 Å². The topological polar surface area (TPSA) is 82.1 Å². The molecule has 1 fully saturated rings. The van der Waals surface area contributed by atoms with Crippen molar-refractivity contribution in [3.63, 3.8) is 0 Å². The van der Waals surface area contributed by atoms with Crippen LogP contribution in [-0.4, -0.2) is 51.2 Å². The van der Waals surface area contributed by atoms with Crippen molar-refractivity contribution in [1.29, 1.82) is 0 Å². The molecule has 9 heteroatoms. The van der Waals surface area contributed by atoms with Crippen molar-refractivity contribution in [2.45, 2.75) is 44.6 Å². The number of hydrogen-bond donors (Lipinski definition) is 0. The SMILES string of the molecule is CCn1c(SCc2noc(CC(C)C)n2)nnc1N1CCOCC1. The minimum Gasteiger partial charge on any atom is -0.378 e. The lowest BCUT2D eigenvalue weighted by Crippen LogP contribution is -2.38. The number of ether oxygens (including phenoxy) is 1. The van der Waals surface area contributed by atoms with Crippen LogP contribution in [-0.2, 0) is 23.5 Å². The van der Waals surface area contributed by atoms with Gasteiger partial charge in [0.25, 0.3) is 0 Å². The van der Waals surface area contributed by atoms with Gasteiger partial charge in [-0.3, -0.25) is 4.57 Å². The molecule has 0 atom stereocenters. The number of rotatable bonds is 7. The zero-order valence-corrected chi connectivity index (χ0v) is 15.3. The van der Waals surface area contributed by atoms with Crippen LogP contribution < -0.4 is 4.90 Å². The monoisotopic (exact) mass is 352 g/mol. The van der Waals surface area contributed by atoms with Gasteiger partial charge in [-0.15, -0.1) is 10.2 Å². The Kier molecular flexibility index (Phi) is 5.72. The maximum Gasteiger partial charge on any atom is 0.228 e. The van der Waals surface area contributed by atoms with Gasteiger partial charge < -0.3 is 14.2 Å². The van der Waals surface area contributed by atoms with E-state index >= 15 is 0 Å². The highest BCUT2D eigenvalue weighted by Gasteiger charge is 2.20. The van der Waals surface area contributed by atoms with Crippen molar-refractivity contribution in [2.75, 3.05) is 31.2 Å². The minimum absolute atomic E-state index is 0.505. The average Bonchev–Trinajstić information content (AvgIpc) is 3.19. The van der Waals surface area contributed by atoms with Crippen LogP contribution in [0, 0.1) is 5.92 Å². The predicted molar refractivity (Wildman–Crippen MR) is 91.1 cm³/mol. The lowest BCUT2D eigenvalue weighted by molar-refractivity contribution is 0.121. The first kappa shape index (κ1) is 17.2. The van der Waals surface area contributed by atoms with Crippen LogP contribution >= 0.6 is 11.8 Å². The number of anilines is 1. The van der Waals surface area contributed by atoms with Crippen LogP contribution in [0.1, 0.15) is 32.5 Å². The summed E-state index contributed by atoms with van der Waals surface area (Å²) in [6, 6.07) is 0. The van der Waals surface area contributed by atoms with Crippen LogP contribution in [0.5, 0.6) is 0 Å². The van der Waals surface area contributed by atoms with Gasteiger partial charge >= 0.3 is 0 Å². The molecule has 3 heterocycles. The number of nitrogens with zero attached hydrogens (tertiary/aromatic N) is 6. The maximum atomic E-state index is 5.41. The fourth-order valence-corrected chi connectivity index (χ4v) is 3.41. The van der Waals surface area contributed by atoms with Gasteiger partial charge in [-0.2, -0.15) is 4.98 Å². The zero-order valence-electron chi connectivity index (χ0n) is 14.4. The number of hydrogen-bond acceptors (Lipinski definition) is 8. The molecule has 0 radical (unpaired) electrons. The highest BCUT2D eigenvalue weighted by molar-refractivity contribution is 7.98. The Morgan fingerprint density at radius 3 is 2.71 bits per heavy atom. The Balaban J connectivity index is 1.64. The Labute approximate surface area is 146 Å². The van der Waals surface area contributed by atoms with Gasteiger partial charge in [0.1, 0.15) is 0 Å². The van der Waals surface area contributed by atoms with Gasteiger partial charge in [-0.1, -0.05) is 30.8 Å². The first-order chi connectivity index (χ1) is 11.7. The van der Waals surface area contributed by atoms with Crippen LogP contribution in [0.3, 0.4) is 0 Å². The molecule has 8 nitrogen and oxygen atoms in total. The molecule has 24 heavy (non-hydrogen) atoms. The minimum atomic E-state index is 0.505. The summed E-state index contributed by atoms with van der Waals surface area (Å²) in [5.41, 5.74) is 0. The zero-order chi connectivity index (χ0) is 16.9. The third kappa shape index (κ3) is 4.07. The van der Waals surface area contributed by atoms with E-state index in [1.807, 2.05) is 0 Å². The Hall–Kier alpha value is -1.61. The highest BCUT2D eigenvalue weighted by atomic mass is 32.2. The Morgan fingerprint density at radius 1 is 1.21 bits per heavy atom. The van der Waals surface area contributed by atoms with Crippen molar-refractivity contribution in [3.8, 4) is 0 Å². The molecule has 0 amide bonds. The third-order valence-corrected chi connectivity index (χ3v) is 4.69. The molecule has 0 N–H and O–H groups in total. The largest absolute Gasteiger partial charge is 0.378 e. The van der Waals surface area contributed by atoms with E-state index in [-0.39, 0.29) is 0 Å². The molecule has 0 bridgehead atoms. The summed E-state index contributed by atoms with van der Waals surface area (Å²) in [6.07, 6.45) is 0.810. The molecule has 1 aliphatic heterocycles. The fraction of sp³-hybridized carbons (Fsp3) is 0.733. The van der Waals surface area contributed by atoms with E-state index < -0.39 is 0 Å².